The number of hydrogen-bond acceptors (Lipinski definition) is 5. The van der Waals surface area contributed by atoms with Gasteiger partial charge in [-0.1, -0.05) is 26.8 Å². The van der Waals surface area contributed by atoms with E-state index in [1.165, 1.54) is 12.3 Å². The van der Waals surface area contributed by atoms with E-state index in [2.05, 4.69) is 30.7 Å². The topological polar surface area (TPSA) is 73.1 Å². The number of fused-ring (bicyclic) bond motifs is 1. The lowest BCUT2D eigenvalue weighted by Crippen LogP contribution is -2.12. The first-order chi connectivity index (χ1) is 16.8. The van der Waals surface area contributed by atoms with Crippen LogP contribution in [0.4, 0.5) is 4.39 Å². The van der Waals surface area contributed by atoms with Crippen LogP contribution in [0.15, 0.2) is 79.1 Å². The zero-order chi connectivity index (χ0) is 24.6. The summed E-state index contributed by atoms with van der Waals surface area (Å²) in [5.41, 5.74) is 3.83. The van der Waals surface area contributed by atoms with E-state index in [1.807, 2.05) is 36.4 Å². The number of rotatable bonds is 5. The lowest BCUT2D eigenvalue weighted by atomic mass is 9.92. The van der Waals surface area contributed by atoms with Crippen molar-refractivity contribution in [1.29, 1.82) is 0 Å². The predicted molar refractivity (Wildman–Crippen MR) is 133 cm³/mol. The first-order valence-electron chi connectivity index (χ1n) is 11.3. The number of aliphatic hydroxyl groups excluding tert-OH is 1. The zero-order valence-corrected chi connectivity index (χ0v) is 19.7. The van der Waals surface area contributed by atoms with E-state index < -0.39 is 0 Å². The van der Waals surface area contributed by atoms with Crippen molar-refractivity contribution in [3.8, 4) is 28.4 Å². The first-order valence-corrected chi connectivity index (χ1v) is 11.3. The molecule has 0 atom stereocenters. The number of halogens is 1. The predicted octanol–water partition coefficient (Wildman–Crippen LogP) is 6.20. The van der Waals surface area contributed by atoms with Crippen molar-refractivity contribution < 1.29 is 14.2 Å². The number of pyridine rings is 2. The average molecular weight is 469 g/mol. The highest BCUT2D eigenvalue weighted by atomic mass is 19.1. The summed E-state index contributed by atoms with van der Waals surface area (Å²) in [5, 5.41) is 15.0. The minimum Gasteiger partial charge on any atom is -0.456 e. The van der Waals surface area contributed by atoms with Gasteiger partial charge < -0.3 is 9.84 Å². The molecule has 7 heteroatoms. The summed E-state index contributed by atoms with van der Waals surface area (Å²) in [6.45, 7) is 6.08. The SMILES string of the molecule is CC(C)(C)c1cc(-c2cc(Oc3ccc(CO)nc3)ccc2F)n(-c2ccc3ncccc3c2)n1. The maximum Gasteiger partial charge on any atom is 0.145 e. The standard InChI is InChI=1S/C28H25FN4O2/c1-28(2,3)27-15-26(33(32-27)20-7-11-25-18(13-20)5-4-12-30-25)23-14-21(9-10-24(23)29)35-22-8-6-19(17-34)31-16-22/h4-16,34H,17H2,1-3H3. The van der Waals surface area contributed by atoms with Crippen LogP contribution in [0.5, 0.6) is 11.5 Å². The molecule has 5 rings (SSSR count). The van der Waals surface area contributed by atoms with E-state index in [0.29, 0.717) is 28.5 Å². The third-order valence-electron chi connectivity index (χ3n) is 5.72. The summed E-state index contributed by atoms with van der Waals surface area (Å²) in [7, 11) is 0. The second kappa shape index (κ2) is 8.92. The molecule has 3 aromatic heterocycles. The van der Waals surface area contributed by atoms with Crippen molar-refractivity contribution in [2.45, 2.75) is 32.8 Å². The fourth-order valence-corrected chi connectivity index (χ4v) is 3.80. The Balaban J connectivity index is 1.61. The van der Waals surface area contributed by atoms with Crippen LogP contribution >= 0.6 is 0 Å². The maximum absolute atomic E-state index is 15.2. The molecule has 0 radical (unpaired) electrons. The minimum atomic E-state index is -0.379. The van der Waals surface area contributed by atoms with Crippen molar-refractivity contribution >= 4 is 10.9 Å². The van der Waals surface area contributed by atoms with E-state index in [4.69, 9.17) is 9.84 Å². The van der Waals surface area contributed by atoms with Gasteiger partial charge in [-0.3, -0.25) is 9.97 Å². The highest BCUT2D eigenvalue weighted by Gasteiger charge is 2.23. The lowest BCUT2D eigenvalue weighted by molar-refractivity contribution is 0.276. The molecule has 0 aliphatic rings. The zero-order valence-electron chi connectivity index (χ0n) is 19.7. The van der Waals surface area contributed by atoms with Gasteiger partial charge in [0.15, 0.2) is 0 Å². The third-order valence-corrected chi connectivity index (χ3v) is 5.72. The Morgan fingerprint density at radius 2 is 1.77 bits per heavy atom. The second-order valence-corrected chi connectivity index (χ2v) is 9.34. The van der Waals surface area contributed by atoms with E-state index in [9.17, 15) is 5.11 Å². The minimum absolute atomic E-state index is 0.147. The highest BCUT2D eigenvalue weighted by molar-refractivity contribution is 5.81. The molecule has 0 saturated heterocycles. The number of ether oxygens (including phenoxy) is 1. The fraction of sp³-hybridized carbons (Fsp3) is 0.179. The smallest absolute Gasteiger partial charge is 0.145 e. The first kappa shape index (κ1) is 22.7. The van der Waals surface area contributed by atoms with Crippen LogP contribution in [0.25, 0.3) is 27.8 Å². The van der Waals surface area contributed by atoms with Crippen LogP contribution in [-0.2, 0) is 12.0 Å². The summed E-state index contributed by atoms with van der Waals surface area (Å²) < 4.78 is 22.9. The molecule has 0 aliphatic carbocycles. The van der Waals surface area contributed by atoms with Crippen molar-refractivity contribution in [3.05, 3.63) is 96.3 Å². The van der Waals surface area contributed by atoms with E-state index >= 15 is 4.39 Å². The monoisotopic (exact) mass is 468 g/mol. The Hall–Kier alpha value is -4.10. The van der Waals surface area contributed by atoms with Crippen LogP contribution in [0.1, 0.15) is 32.2 Å². The molecule has 35 heavy (non-hydrogen) atoms. The molecule has 0 fully saturated rings. The molecule has 1 N–H and O–H groups in total. The molecule has 0 unspecified atom stereocenters. The van der Waals surface area contributed by atoms with E-state index in [1.54, 1.807) is 35.1 Å². The summed E-state index contributed by atoms with van der Waals surface area (Å²) in [5.74, 6) is 0.577. The van der Waals surface area contributed by atoms with Crippen molar-refractivity contribution in [1.82, 2.24) is 19.7 Å². The van der Waals surface area contributed by atoms with Crippen molar-refractivity contribution in [3.63, 3.8) is 0 Å². The summed E-state index contributed by atoms with van der Waals surface area (Å²) in [6, 6.07) is 19.7. The largest absolute Gasteiger partial charge is 0.456 e. The van der Waals surface area contributed by atoms with Gasteiger partial charge >= 0.3 is 0 Å². The van der Waals surface area contributed by atoms with Crippen LogP contribution in [0, 0.1) is 5.82 Å². The molecule has 0 bridgehead atoms. The normalized spacial score (nSPS) is 11.7. The number of aromatic nitrogens is 4. The van der Waals surface area contributed by atoms with Crippen LogP contribution in [0.2, 0.25) is 0 Å². The van der Waals surface area contributed by atoms with Crippen LogP contribution in [0.3, 0.4) is 0 Å². The maximum atomic E-state index is 15.2. The number of nitrogens with zero attached hydrogens (tertiary/aromatic N) is 4. The Morgan fingerprint density at radius 3 is 2.51 bits per heavy atom. The van der Waals surface area contributed by atoms with Gasteiger partial charge in [-0.2, -0.15) is 5.10 Å². The van der Waals surface area contributed by atoms with Crippen LogP contribution < -0.4 is 4.74 Å². The molecule has 2 aromatic carbocycles. The second-order valence-electron chi connectivity index (χ2n) is 9.34. The quantitative estimate of drug-likeness (QED) is 0.332. The molecule has 0 amide bonds. The van der Waals surface area contributed by atoms with Gasteiger partial charge in [0, 0.05) is 22.6 Å². The van der Waals surface area contributed by atoms with Crippen molar-refractivity contribution in [2.75, 3.05) is 0 Å². The Kier molecular flexibility index (Phi) is 5.78. The van der Waals surface area contributed by atoms with E-state index in [-0.39, 0.29) is 17.8 Å². The summed E-state index contributed by atoms with van der Waals surface area (Å²) in [6.07, 6.45) is 3.28. The van der Waals surface area contributed by atoms with Gasteiger partial charge in [-0.05, 0) is 60.7 Å². The Labute approximate surface area is 202 Å². The number of benzene rings is 2. The lowest BCUT2D eigenvalue weighted by Gasteiger charge is -2.14. The van der Waals surface area contributed by atoms with Gasteiger partial charge in [0.2, 0.25) is 0 Å². The molecular formula is C28H25FN4O2. The van der Waals surface area contributed by atoms with Gasteiger partial charge in [0.05, 0.1) is 41.1 Å². The number of aliphatic hydroxyl groups is 1. The van der Waals surface area contributed by atoms with Gasteiger partial charge in [-0.25, -0.2) is 9.07 Å². The molecule has 0 saturated carbocycles. The molecule has 3 heterocycles. The third kappa shape index (κ3) is 4.63. The van der Waals surface area contributed by atoms with Crippen LogP contribution in [-0.4, -0.2) is 24.9 Å². The van der Waals surface area contributed by atoms with E-state index in [0.717, 1.165) is 22.3 Å². The van der Waals surface area contributed by atoms with Gasteiger partial charge in [-0.15, -0.1) is 0 Å². The Bertz CT molecular complexity index is 1500. The molecule has 6 nitrogen and oxygen atoms in total. The molecule has 0 spiro atoms. The van der Waals surface area contributed by atoms with Gasteiger partial charge in [0.25, 0.3) is 0 Å². The number of hydrogen-bond donors (Lipinski definition) is 1. The summed E-state index contributed by atoms with van der Waals surface area (Å²) in [4.78, 5) is 8.52. The Morgan fingerprint density at radius 1 is 0.943 bits per heavy atom. The summed E-state index contributed by atoms with van der Waals surface area (Å²) >= 11 is 0. The molecule has 176 valence electrons. The fourth-order valence-electron chi connectivity index (χ4n) is 3.80. The molecule has 5 aromatic rings. The van der Waals surface area contributed by atoms with Gasteiger partial charge in [0.1, 0.15) is 17.3 Å². The molecular weight excluding hydrogens is 443 g/mol. The van der Waals surface area contributed by atoms with Crippen molar-refractivity contribution in [2.24, 2.45) is 0 Å². The molecule has 0 aliphatic heterocycles. The average Bonchev–Trinajstić information content (AvgIpc) is 3.31. The highest BCUT2D eigenvalue weighted by Crippen LogP contribution is 2.34.